The van der Waals surface area contributed by atoms with Gasteiger partial charge in [-0.2, -0.15) is 0 Å². The third-order valence-electron chi connectivity index (χ3n) is 2.53. The molecular formula is C11H13BrN2O2. The molecule has 0 saturated carbocycles. The third kappa shape index (κ3) is 2.36. The maximum atomic E-state index is 11.9. The monoisotopic (exact) mass is 284 g/mol. The molecule has 1 aliphatic rings. The van der Waals surface area contributed by atoms with Crippen molar-refractivity contribution in [1.29, 1.82) is 0 Å². The van der Waals surface area contributed by atoms with Gasteiger partial charge in [0, 0.05) is 17.6 Å². The topological polar surface area (TPSA) is 50.4 Å². The van der Waals surface area contributed by atoms with Crippen molar-refractivity contribution < 1.29 is 9.53 Å². The lowest BCUT2D eigenvalue weighted by molar-refractivity contribution is 0.0923. The minimum atomic E-state index is -0.0720. The van der Waals surface area contributed by atoms with Crippen LogP contribution in [0.2, 0.25) is 0 Å². The van der Waals surface area contributed by atoms with E-state index in [-0.39, 0.29) is 11.9 Å². The van der Waals surface area contributed by atoms with E-state index in [1.165, 1.54) is 0 Å². The molecule has 0 atom stereocenters. The third-order valence-corrected chi connectivity index (χ3v) is 3.23. The van der Waals surface area contributed by atoms with Crippen molar-refractivity contribution in [2.24, 2.45) is 0 Å². The minimum Gasteiger partial charge on any atom is -0.497 e. The summed E-state index contributed by atoms with van der Waals surface area (Å²) in [6.07, 6.45) is 0. The highest BCUT2D eigenvalue weighted by Crippen LogP contribution is 2.22. The Bertz CT molecular complexity index is 405. The van der Waals surface area contributed by atoms with Crippen LogP contribution in [-0.4, -0.2) is 32.1 Å². The second-order valence-corrected chi connectivity index (χ2v) is 4.53. The second kappa shape index (κ2) is 4.84. The molecule has 1 aromatic rings. The zero-order chi connectivity index (χ0) is 11.5. The fourth-order valence-corrected chi connectivity index (χ4v) is 1.89. The van der Waals surface area contributed by atoms with Crippen molar-refractivity contribution in [3.05, 3.63) is 28.2 Å². The molecule has 2 N–H and O–H groups in total. The zero-order valence-electron chi connectivity index (χ0n) is 8.92. The van der Waals surface area contributed by atoms with Crippen LogP contribution in [0.1, 0.15) is 10.4 Å². The number of carbonyl (C=O) groups is 1. The lowest BCUT2D eigenvalue weighted by Gasteiger charge is -2.28. The highest BCUT2D eigenvalue weighted by molar-refractivity contribution is 9.10. The first-order valence-corrected chi connectivity index (χ1v) is 5.85. The Hall–Kier alpha value is -1.07. The van der Waals surface area contributed by atoms with E-state index in [4.69, 9.17) is 4.74 Å². The standard InChI is InChI=1S/C11H13BrN2O2/c1-16-8-2-3-10(12)9(4-8)11(15)14-7-5-13-6-7/h2-4,7,13H,5-6H2,1H3,(H,14,15). The number of benzene rings is 1. The summed E-state index contributed by atoms with van der Waals surface area (Å²) < 4.78 is 5.87. The molecule has 1 aliphatic heterocycles. The normalized spacial score (nSPS) is 15.4. The Morgan fingerprint density at radius 2 is 2.31 bits per heavy atom. The molecule has 4 nitrogen and oxygen atoms in total. The fraction of sp³-hybridized carbons (Fsp3) is 0.364. The zero-order valence-corrected chi connectivity index (χ0v) is 10.5. The molecule has 16 heavy (non-hydrogen) atoms. The van der Waals surface area contributed by atoms with Gasteiger partial charge < -0.3 is 15.4 Å². The molecule has 0 unspecified atom stereocenters. The van der Waals surface area contributed by atoms with Gasteiger partial charge in [0.05, 0.1) is 18.7 Å². The Kier molecular flexibility index (Phi) is 3.46. The van der Waals surface area contributed by atoms with Gasteiger partial charge in [-0.05, 0) is 34.1 Å². The van der Waals surface area contributed by atoms with Gasteiger partial charge in [-0.3, -0.25) is 4.79 Å². The average Bonchev–Trinajstić information content (AvgIpc) is 2.24. The van der Waals surface area contributed by atoms with Gasteiger partial charge in [0.25, 0.3) is 5.91 Å². The second-order valence-electron chi connectivity index (χ2n) is 3.67. The number of halogens is 1. The molecule has 5 heteroatoms. The predicted molar refractivity (Wildman–Crippen MR) is 64.8 cm³/mol. The van der Waals surface area contributed by atoms with Crippen LogP contribution in [0.4, 0.5) is 0 Å². The highest BCUT2D eigenvalue weighted by atomic mass is 79.9. The number of nitrogens with one attached hydrogen (secondary N) is 2. The van der Waals surface area contributed by atoms with E-state index in [0.29, 0.717) is 11.3 Å². The highest BCUT2D eigenvalue weighted by Gasteiger charge is 2.20. The summed E-state index contributed by atoms with van der Waals surface area (Å²) in [6.45, 7) is 1.68. The number of hydrogen-bond acceptors (Lipinski definition) is 3. The van der Waals surface area contributed by atoms with Crippen molar-refractivity contribution in [2.45, 2.75) is 6.04 Å². The molecule has 2 rings (SSSR count). The summed E-state index contributed by atoms with van der Waals surface area (Å²) in [7, 11) is 1.58. The molecule has 0 bridgehead atoms. The summed E-state index contributed by atoms with van der Waals surface area (Å²) in [6, 6.07) is 5.59. The Labute approximate surface area is 102 Å². The molecule has 0 aromatic heterocycles. The van der Waals surface area contributed by atoms with E-state index in [0.717, 1.165) is 17.6 Å². The SMILES string of the molecule is COc1ccc(Br)c(C(=O)NC2CNC2)c1. The molecule has 0 radical (unpaired) electrons. The number of ether oxygens (including phenoxy) is 1. The van der Waals surface area contributed by atoms with Crippen LogP contribution < -0.4 is 15.4 Å². The summed E-state index contributed by atoms with van der Waals surface area (Å²) in [5, 5.41) is 6.04. The minimum absolute atomic E-state index is 0.0720. The molecule has 1 heterocycles. The Morgan fingerprint density at radius 3 is 2.88 bits per heavy atom. The number of carbonyl (C=O) groups excluding carboxylic acids is 1. The molecule has 1 fully saturated rings. The first kappa shape index (κ1) is 11.4. The molecule has 1 aromatic carbocycles. The van der Waals surface area contributed by atoms with Crippen LogP contribution in [-0.2, 0) is 0 Å². The number of methoxy groups -OCH3 is 1. The van der Waals surface area contributed by atoms with E-state index >= 15 is 0 Å². The van der Waals surface area contributed by atoms with E-state index < -0.39 is 0 Å². The van der Waals surface area contributed by atoms with E-state index in [1.807, 2.05) is 12.1 Å². The lowest BCUT2D eigenvalue weighted by Crippen LogP contribution is -2.56. The van der Waals surface area contributed by atoms with Crippen molar-refractivity contribution >= 4 is 21.8 Å². The van der Waals surface area contributed by atoms with E-state index in [1.54, 1.807) is 13.2 Å². The van der Waals surface area contributed by atoms with Crippen molar-refractivity contribution in [3.63, 3.8) is 0 Å². The molecule has 1 saturated heterocycles. The molecule has 0 spiro atoms. The maximum absolute atomic E-state index is 11.9. The summed E-state index contributed by atoms with van der Waals surface area (Å²) in [4.78, 5) is 11.9. The first-order valence-electron chi connectivity index (χ1n) is 5.06. The summed E-state index contributed by atoms with van der Waals surface area (Å²) in [5.41, 5.74) is 0.603. The molecule has 1 amide bonds. The van der Waals surface area contributed by atoms with Crippen LogP contribution in [0.25, 0.3) is 0 Å². The van der Waals surface area contributed by atoms with Gasteiger partial charge in [-0.15, -0.1) is 0 Å². The number of rotatable bonds is 3. The number of amides is 1. The van der Waals surface area contributed by atoms with Gasteiger partial charge in [0.15, 0.2) is 0 Å². The van der Waals surface area contributed by atoms with Crippen LogP contribution in [0.15, 0.2) is 22.7 Å². The maximum Gasteiger partial charge on any atom is 0.252 e. The smallest absolute Gasteiger partial charge is 0.252 e. The van der Waals surface area contributed by atoms with Gasteiger partial charge in [-0.25, -0.2) is 0 Å². The van der Waals surface area contributed by atoms with Crippen LogP contribution >= 0.6 is 15.9 Å². The van der Waals surface area contributed by atoms with Crippen LogP contribution in [0.3, 0.4) is 0 Å². The Morgan fingerprint density at radius 1 is 1.56 bits per heavy atom. The average molecular weight is 285 g/mol. The van der Waals surface area contributed by atoms with Crippen molar-refractivity contribution in [1.82, 2.24) is 10.6 Å². The van der Waals surface area contributed by atoms with Crippen molar-refractivity contribution in [2.75, 3.05) is 20.2 Å². The fourth-order valence-electron chi connectivity index (χ4n) is 1.46. The molecule has 86 valence electrons. The summed E-state index contributed by atoms with van der Waals surface area (Å²) in [5.74, 6) is 0.609. The largest absolute Gasteiger partial charge is 0.497 e. The number of hydrogen-bond donors (Lipinski definition) is 2. The van der Waals surface area contributed by atoms with Crippen molar-refractivity contribution in [3.8, 4) is 5.75 Å². The van der Waals surface area contributed by atoms with Gasteiger partial charge in [0.1, 0.15) is 5.75 Å². The predicted octanol–water partition coefficient (Wildman–Crippen LogP) is 1.16. The molecule has 0 aliphatic carbocycles. The van der Waals surface area contributed by atoms with Gasteiger partial charge >= 0.3 is 0 Å². The Balaban J connectivity index is 2.13. The van der Waals surface area contributed by atoms with Crippen LogP contribution in [0, 0.1) is 0 Å². The quantitative estimate of drug-likeness (QED) is 0.876. The van der Waals surface area contributed by atoms with Gasteiger partial charge in [-0.1, -0.05) is 0 Å². The molecular weight excluding hydrogens is 272 g/mol. The van der Waals surface area contributed by atoms with Crippen LogP contribution in [0.5, 0.6) is 5.75 Å². The van der Waals surface area contributed by atoms with E-state index in [9.17, 15) is 4.79 Å². The lowest BCUT2D eigenvalue weighted by atomic mass is 10.1. The van der Waals surface area contributed by atoms with Gasteiger partial charge in [0.2, 0.25) is 0 Å². The first-order chi connectivity index (χ1) is 7.70. The van der Waals surface area contributed by atoms with E-state index in [2.05, 4.69) is 26.6 Å². The summed E-state index contributed by atoms with van der Waals surface area (Å²) >= 11 is 3.36.